The summed E-state index contributed by atoms with van der Waals surface area (Å²) in [6.07, 6.45) is 0.217. The van der Waals surface area contributed by atoms with Crippen LogP contribution in [0.1, 0.15) is 32.7 Å². The summed E-state index contributed by atoms with van der Waals surface area (Å²) in [6, 6.07) is 11.0. The molecule has 2 aromatic carbocycles. The van der Waals surface area contributed by atoms with Gasteiger partial charge in [0, 0.05) is 13.0 Å². The standard InChI is InChI=1S/C19H14N2O5/c1-26-14-10-9-13(17(12-14)21(24)25)6-4-5-11-20-18(22)15-7-2-3-8-16(15)19(20)23/h2-3,7-10,12H,5,11H2,1H3. The molecule has 0 radical (unpaired) electrons. The number of nitro groups is 1. The zero-order valence-electron chi connectivity index (χ0n) is 13.9. The van der Waals surface area contributed by atoms with Crippen LogP contribution in [0.25, 0.3) is 0 Å². The van der Waals surface area contributed by atoms with Crippen LogP contribution in [0.5, 0.6) is 5.75 Å². The summed E-state index contributed by atoms with van der Waals surface area (Å²) in [7, 11) is 1.42. The molecular formula is C19H14N2O5. The van der Waals surface area contributed by atoms with Gasteiger partial charge in [-0.2, -0.15) is 0 Å². The summed E-state index contributed by atoms with van der Waals surface area (Å²) in [5.74, 6) is 5.19. The van der Waals surface area contributed by atoms with Crippen LogP contribution >= 0.6 is 0 Å². The SMILES string of the molecule is COc1ccc(C#CCCN2C(=O)c3ccccc3C2=O)c([N+](=O)[O-])c1. The second kappa shape index (κ2) is 7.07. The Hall–Kier alpha value is -3.66. The molecule has 0 fully saturated rings. The van der Waals surface area contributed by atoms with E-state index in [0.717, 1.165) is 4.90 Å². The fourth-order valence-electron chi connectivity index (χ4n) is 2.66. The van der Waals surface area contributed by atoms with Crippen LogP contribution < -0.4 is 4.74 Å². The molecule has 2 aromatic rings. The van der Waals surface area contributed by atoms with Crippen molar-refractivity contribution in [2.24, 2.45) is 0 Å². The summed E-state index contributed by atoms with van der Waals surface area (Å²) >= 11 is 0. The van der Waals surface area contributed by atoms with Crippen molar-refractivity contribution in [2.75, 3.05) is 13.7 Å². The van der Waals surface area contributed by atoms with Gasteiger partial charge in [0.05, 0.1) is 29.2 Å². The summed E-state index contributed by atoms with van der Waals surface area (Å²) in [6.45, 7) is 0.128. The maximum Gasteiger partial charge on any atom is 0.288 e. The van der Waals surface area contributed by atoms with Crippen molar-refractivity contribution >= 4 is 17.5 Å². The van der Waals surface area contributed by atoms with Gasteiger partial charge in [0.2, 0.25) is 0 Å². The first-order valence-corrected chi connectivity index (χ1v) is 7.79. The molecular weight excluding hydrogens is 336 g/mol. The number of amides is 2. The van der Waals surface area contributed by atoms with Gasteiger partial charge >= 0.3 is 0 Å². The van der Waals surface area contributed by atoms with Crippen molar-refractivity contribution in [2.45, 2.75) is 6.42 Å². The molecule has 0 bridgehead atoms. The number of rotatable bonds is 4. The molecule has 7 nitrogen and oxygen atoms in total. The fourth-order valence-corrected chi connectivity index (χ4v) is 2.66. The highest BCUT2D eigenvalue weighted by Gasteiger charge is 2.34. The summed E-state index contributed by atoms with van der Waals surface area (Å²) in [5.41, 5.74) is 0.864. The number of methoxy groups -OCH3 is 1. The number of imide groups is 1. The first kappa shape index (κ1) is 17.2. The number of hydrogen-bond donors (Lipinski definition) is 0. The molecule has 2 amide bonds. The lowest BCUT2D eigenvalue weighted by atomic mass is 10.1. The Bertz CT molecular complexity index is 936. The fraction of sp³-hybridized carbons (Fsp3) is 0.158. The molecule has 1 heterocycles. The molecule has 3 rings (SSSR count). The Morgan fingerprint density at radius 3 is 2.35 bits per heavy atom. The Labute approximate surface area is 149 Å². The van der Waals surface area contributed by atoms with Crippen molar-refractivity contribution in [1.82, 2.24) is 4.90 Å². The van der Waals surface area contributed by atoms with Gasteiger partial charge in [-0.1, -0.05) is 24.0 Å². The Kier molecular flexibility index (Phi) is 4.67. The number of ether oxygens (including phenoxy) is 1. The number of nitro benzene ring substituents is 1. The van der Waals surface area contributed by atoms with Gasteiger partial charge in [-0.05, 0) is 24.3 Å². The molecule has 130 valence electrons. The van der Waals surface area contributed by atoms with E-state index in [2.05, 4.69) is 11.8 Å². The van der Waals surface area contributed by atoms with E-state index in [1.54, 1.807) is 30.3 Å². The highest BCUT2D eigenvalue weighted by atomic mass is 16.6. The second-order valence-corrected chi connectivity index (χ2v) is 5.50. The molecule has 0 atom stereocenters. The summed E-state index contributed by atoms with van der Waals surface area (Å²) < 4.78 is 4.97. The lowest BCUT2D eigenvalue weighted by Gasteiger charge is -2.11. The highest BCUT2D eigenvalue weighted by molar-refractivity contribution is 6.21. The lowest BCUT2D eigenvalue weighted by Crippen LogP contribution is -2.30. The maximum atomic E-state index is 12.2. The molecule has 0 unspecified atom stereocenters. The average molecular weight is 350 g/mol. The molecule has 1 aliphatic heterocycles. The number of hydrogen-bond acceptors (Lipinski definition) is 5. The Balaban J connectivity index is 1.72. The van der Waals surface area contributed by atoms with Gasteiger partial charge in [0.25, 0.3) is 17.5 Å². The third kappa shape index (κ3) is 3.13. The molecule has 1 aliphatic rings. The first-order chi connectivity index (χ1) is 12.5. The van der Waals surface area contributed by atoms with Gasteiger partial charge in [-0.15, -0.1) is 0 Å². The van der Waals surface area contributed by atoms with Crippen molar-refractivity contribution in [3.8, 4) is 17.6 Å². The zero-order chi connectivity index (χ0) is 18.7. The second-order valence-electron chi connectivity index (χ2n) is 5.50. The molecule has 0 saturated carbocycles. The number of carbonyl (C=O) groups excluding carboxylic acids is 2. The molecule has 0 N–H and O–H groups in total. The predicted molar refractivity (Wildman–Crippen MR) is 93.0 cm³/mol. The van der Waals surface area contributed by atoms with E-state index in [1.165, 1.54) is 19.2 Å². The quantitative estimate of drug-likeness (QED) is 0.366. The first-order valence-electron chi connectivity index (χ1n) is 7.79. The third-order valence-corrected chi connectivity index (χ3v) is 3.96. The van der Waals surface area contributed by atoms with Crippen LogP contribution in [0.15, 0.2) is 42.5 Å². The van der Waals surface area contributed by atoms with Crippen LogP contribution in [0, 0.1) is 22.0 Å². The minimum atomic E-state index is -0.531. The van der Waals surface area contributed by atoms with E-state index in [0.29, 0.717) is 16.9 Å². The van der Waals surface area contributed by atoms with E-state index in [9.17, 15) is 19.7 Å². The third-order valence-electron chi connectivity index (χ3n) is 3.96. The number of fused-ring (bicyclic) bond motifs is 1. The van der Waals surface area contributed by atoms with Crippen molar-refractivity contribution < 1.29 is 19.2 Å². The molecule has 0 spiro atoms. The highest BCUT2D eigenvalue weighted by Crippen LogP contribution is 2.24. The lowest BCUT2D eigenvalue weighted by molar-refractivity contribution is -0.385. The van der Waals surface area contributed by atoms with Crippen LogP contribution in [0.2, 0.25) is 0 Å². The van der Waals surface area contributed by atoms with Gasteiger partial charge in [0.15, 0.2) is 0 Å². The number of nitrogens with zero attached hydrogens (tertiary/aromatic N) is 2. The van der Waals surface area contributed by atoms with Gasteiger partial charge in [-0.25, -0.2) is 0 Å². The van der Waals surface area contributed by atoms with Crippen LogP contribution in [-0.4, -0.2) is 35.3 Å². The molecule has 26 heavy (non-hydrogen) atoms. The topological polar surface area (TPSA) is 89.8 Å². The minimum absolute atomic E-state index is 0.128. The Morgan fingerprint density at radius 1 is 1.12 bits per heavy atom. The monoisotopic (exact) mass is 350 g/mol. The molecule has 0 saturated heterocycles. The van der Waals surface area contributed by atoms with Crippen LogP contribution in [0.4, 0.5) is 5.69 Å². The van der Waals surface area contributed by atoms with Gasteiger partial charge in [0.1, 0.15) is 11.3 Å². The molecule has 7 heteroatoms. The van der Waals surface area contributed by atoms with E-state index >= 15 is 0 Å². The van der Waals surface area contributed by atoms with Crippen molar-refractivity contribution in [3.63, 3.8) is 0 Å². The number of benzene rings is 2. The Morgan fingerprint density at radius 2 is 1.77 bits per heavy atom. The normalized spacial score (nSPS) is 12.4. The van der Waals surface area contributed by atoms with E-state index in [-0.39, 0.29) is 36.0 Å². The van der Waals surface area contributed by atoms with Gasteiger partial charge < -0.3 is 4.74 Å². The van der Waals surface area contributed by atoms with E-state index < -0.39 is 4.92 Å². The summed E-state index contributed by atoms with van der Waals surface area (Å²) in [4.78, 5) is 36.2. The molecule has 0 aromatic heterocycles. The largest absolute Gasteiger partial charge is 0.497 e. The van der Waals surface area contributed by atoms with Crippen LogP contribution in [-0.2, 0) is 0 Å². The minimum Gasteiger partial charge on any atom is -0.497 e. The van der Waals surface area contributed by atoms with Crippen molar-refractivity contribution in [1.29, 1.82) is 0 Å². The zero-order valence-corrected chi connectivity index (χ0v) is 13.9. The van der Waals surface area contributed by atoms with Gasteiger partial charge in [-0.3, -0.25) is 24.6 Å². The predicted octanol–water partition coefficient (Wildman–Crippen LogP) is 2.64. The van der Waals surface area contributed by atoms with Crippen molar-refractivity contribution in [3.05, 3.63) is 69.3 Å². The number of carbonyl (C=O) groups is 2. The van der Waals surface area contributed by atoms with E-state index in [1.807, 2.05) is 0 Å². The summed E-state index contributed by atoms with van der Waals surface area (Å²) in [5, 5.41) is 11.1. The van der Waals surface area contributed by atoms with E-state index in [4.69, 9.17) is 4.74 Å². The smallest absolute Gasteiger partial charge is 0.288 e. The van der Waals surface area contributed by atoms with Crippen LogP contribution in [0.3, 0.4) is 0 Å². The average Bonchev–Trinajstić information content (AvgIpc) is 2.90. The molecule has 0 aliphatic carbocycles. The maximum absolute atomic E-state index is 12.2.